The van der Waals surface area contributed by atoms with Crippen LogP contribution in [-0.2, 0) is 21.5 Å². The van der Waals surface area contributed by atoms with Gasteiger partial charge in [0, 0.05) is 12.6 Å². The van der Waals surface area contributed by atoms with E-state index in [1.165, 1.54) is 11.0 Å². The van der Waals surface area contributed by atoms with Crippen LogP contribution < -0.4 is 15.6 Å². The summed E-state index contributed by atoms with van der Waals surface area (Å²) in [4.78, 5) is 39.8. The first-order valence-corrected chi connectivity index (χ1v) is 10.1. The van der Waals surface area contributed by atoms with Crippen molar-refractivity contribution in [2.24, 2.45) is 0 Å². The summed E-state index contributed by atoms with van der Waals surface area (Å²) in [6, 6.07) is 10.1. The summed E-state index contributed by atoms with van der Waals surface area (Å²) in [5.74, 6) is -2.66. The van der Waals surface area contributed by atoms with Crippen LogP contribution in [0.2, 0.25) is 0 Å². The van der Waals surface area contributed by atoms with Gasteiger partial charge in [0.1, 0.15) is 17.2 Å². The first-order chi connectivity index (χ1) is 14.9. The second kappa shape index (κ2) is 7.98. The number of hydrogen-bond donors (Lipinski definition) is 2. The number of imide groups is 1. The van der Waals surface area contributed by atoms with Crippen LogP contribution >= 0.6 is 0 Å². The number of amides is 4. The number of nitrogens with zero attached hydrogens (tertiary/aromatic N) is 2. The van der Waals surface area contributed by atoms with Gasteiger partial charge in [-0.05, 0) is 36.5 Å². The molecular weight excluding hydrogens is 406 g/mol. The molecule has 31 heavy (non-hydrogen) atoms. The van der Waals surface area contributed by atoms with Gasteiger partial charge in [-0.3, -0.25) is 15.0 Å². The van der Waals surface area contributed by atoms with Gasteiger partial charge in [-0.25, -0.2) is 13.6 Å². The molecule has 162 valence electrons. The Morgan fingerprint density at radius 2 is 1.94 bits per heavy atom. The zero-order chi connectivity index (χ0) is 22.2. The Morgan fingerprint density at radius 1 is 1.19 bits per heavy atom. The molecule has 7 nitrogen and oxygen atoms in total. The smallest absolute Gasteiger partial charge is 0.344 e. The zero-order valence-corrected chi connectivity index (χ0v) is 17.0. The normalized spacial score (nSPS) is 20.5. The van der Waals surface area contributed by atoms with E-state index < -0.39 is 35.0 Å². The van der Waals surface area contributed by atoms with E-state index in [1.54, 1.807) is 37.3 Å². The van der Waals surface area contributed by atoms with Crippen LogP contribution in [0.3, 0.4) is 0 Å². The number of nitrogens with one attached hydrogen (secondary N) is 2. The van der Waals surface area contributed by atoms with Crippen molar-refractivity contribution in [2.75, 3.05) is 18.0 Å². The third-order valence-corrected chi connectivity index (χ3v) is 5.76. The van der Waals surface area contributed by atoms with E-state index in [0.717, 1.165) is 6.07 Å². The molecule has 0 spiro atoms. The summed E-state index contributed by atoms with van der Waals surface area (Å²) < 4.78 is 27.9. The highest BCUT2D eigenvalue weighted by atomic mass is 19.1. The van der Waals surface area contributed by atoms with Crippen LogP contribution in [-0.4, -0.2) is 35.9 Å². The first-order valence-electron chi connectivity index (χ1n) is 10.1. The maximum atomic E-state index is 14.4. The van der Waals surface area contributed by atoms with E-state index in [0.29, 0.717) is 41.9 Å². The maximum absolute atomic E-state index is 14.4. The standard InChI is InChI=1S/C22H22F2N4O3/c1-2-22(15-8-4-3-5-9-15)20(30)28(21(31)25-22)26-18(29)13-27-10-6-7-14-11-16(23)12-17(24)19(14)27/h3-5,8-9,11-12H,2,6-7,10,13H2,1H3,(H,25,31)(H,26,29). The second-order valence-corrected chi connectivity index (χ2v) is 7.65. The van der Waals surface area contributed by atoms with Gasteiger partial charge in [0.25, 0.3) is 11.8 Å². The molecule has 0 bridgehead atoms. The van der Waals surface area contributed by atoms with Crippen LogP contribution in [0.4, 0.5) is 19.3 Å². The van der Waals surface area contributed by atoms with Crippen molar-refractivity contribution in [3.63, 3.8) is 0 Å². The summed E-state index contributed by atoms with van der Waals surface area (Å²) in [5.41, 5.74) is 2.34. The minimum Gasteiger partial charge on any atom is -0.360 e. The zero-order valence-electron chi connectivity index (χ0n) is 17.0. The molecule has 2 aromatic rings. The predicted octanol–water partition coefficient (Wildman–Crippen LogP) is 2.61. The van der Waals surface area contributed by atoms with Gasteiger partial charge >= 0.3 is 6.03 Å². The van der Waals surface area contributed by atoms with Crippen molar-refractivity contribution in [3.05, 3.63) is 65.2 Å². The topological polar surface area (TPSA) is 81.8 Å². The molecule has 1 saturated heterocycles. The average molecular weight is 428 g/mol. The number of rotatable bonds is 5. The lowest BCUT2D eigenvalue weighted by atomic mass is 9.87. The Hall–Kier alpha value is -3.49. The number of carbonyl (C=O) groups excluding carboxylic acids is 3. The van der Waals surface area contributed by atoms with Crippen LogP contribution in [0.1, 0.15) is 30.9 Å². The molecule has 0 radical (unpaired) electrons. The van der Waals surface area contributed by atoms with Crippen LogP contribution in [0, 0.1) is 11.6 Å². The van der Waals surface area contributed by atoms with Crippen molar-refractivity contribution in [2.45, 2.75) is 31.7 Å². The fourth-order valence-corrected chi connectivity index (χ4v) is 4.27. The Kier molecular flexibility index (Phi) is 5.34. The van der Waals surface area contributed by atoms with Crippen molar-refractivity contribution in [1.29, 1.82) is 0 Å². The number of halogens is 2. The Morgan fingerprint density at radius 3 is 2.65 bits per heavy atom. The molecule has 4 rings (SSSR count). The summed E-state index contributed by atoms with van der Waals surface area (Å²) in [6.07, 6.45) is 1.43. The molecule has 2 aliphatic heterocycles. The summed E-state index contributed by atoms with van der Waals surface area (Å²) in [7, 11) is 0. The molecule has 1 atom stereocenters. The van der Waals surface area contributed by atoms with Crippen molar-refractivity contribution >= 4 is 23.5 Å². The highest BCUT2D eigenvalue weighted by Gasteiger charge is 2.52. The Balaban J connectivity index is 1.51. The lowest BCUT2D eigenvalue weighted by molar-refractivity contribution is -0.139. The summed E-state index contributed by atoms with van der Waals surface area (Å²) in [6.45, 7) is 1.88. The molecule has 2 aromatic carbocycles. The summed E-state index contributed by atoms with van der Waals surface area (Å²) >= 11 is 0. The van der Waals surface area contributed by atoms with E-state index in [4.69, 9.17) is 0 Å². The molecule has 9 heteroatoms. The molecule has 4 amide bonds. The number of hydrogen-bond acceptors (Lipinski definition) is 4. The van der Waals surface area contributed by atoms with Gasteiger partial charge in [0.2, 0.25) is 0 Å². The molecule has 0 aromatic heterocycles. The van der Waals surface area contributed by atoms with Gasteiger partial charge in [0.05, 0.1) is 12.2 Å². The highest BCUT2D eigenvalue weighted by molar-refractivity contribution is 6.08. The quantitative estimate of drug-likeness (QED) is 0.718. The fourth-order valence-electron chi connectivity index (χ4n) is 4.27. The molecule has 1 unspecified atom stereocenters. The summed E-state index contributed by atoms with van der Waals surface area (Å²) in [5, 5.41) is 3.35. The van der Waals surface area contributed by atoms with Crippen molar-refractivity contribution in [3.8, 4) is 0 Å². The molecule has 2 heterocycles. The van der Waals surface area contributed by atoms with Crippen molar-refractivity contribution < 1.29 is 23.2 Å². The maximum Gasteiger partial charge on any atom is 0.344 e. The lowest BCUT2D eigenvalue weighted by Crippen LogP contribution is -2.51. The van der Waals surface area contributed by atoms with E-state index >= 15 is 0 Å². The third-order valence-electron chi connectivity index (χ3n) is 5.76. The van der Waals surface area contributed by atoms with Gasteiger partial charge in [-0.15, -0.1) is 0 Å². The van der Waals surface area contributed by atoms with Crippen molar-refractivity contribution in [1.82, 2.24) is 15.8 Å². The van der Waals surface area contributed by atoms with Crippen LogP contribution in [0.5, 0.6) is 0 Å². The number of anilines is 1. The van der Waals surface area contributed by atoms with Crippen LogP contribution in [0.25, 0.3) is 0 Å². The van der Waals surface area contributed by atoms with E-state index in [1.807, 2.05) is 0 Å². The number of carbonyl (C=O) groups is 3. The van der Waals surface area contributed by atoms with Gasteiger partial charge in [0.15, 0.2) is 0 Å². The molecule has 2 aliphatic rings. The second-order valence-electron chi connectivity index (χ2n) is 7.65. The average Bonchev–Trinajstić information content (AvgIpc) is 2.99. The number of aryl methyl sites for hydroxylation is 1. The number of urea groups is 1. The molecule has 0 saturated carbocycles. The molecular formula is C22H22F2N4O3. The largest absolute Gasteiger partial charge is 0.360 e. The van der Waals surface area contributed by atoms with E-state index in [9.17, 15) is 23.2 Å². The van der Waals surface area contributed by atoms with Gasteiger partial charge < -0.3 is 10.2 Å². The first kappa shape index (κ1) is 20.8. The molecule has 0 aliphatic carbocycles. The van der Waals surface area contributed by atoms with Crippen LogP contribution in [0.15, 0.2) is 42.5 Å². The third kappa shape index (κ3) is 3.60. The predicted molar refractivity (Wildman–Crippen MR) is 109 cm³/mol. The minimum absolute atomic E-state index is 0.173. The number of hydrazine groups is 1. The lowest BCUT2D eigenvalue weighted by Gasteiger charge is -2.31. The van der Waals surface area contributed by atoms with E-state index in [-0.39, 0.29) is 12.2 Å². The number of fused-ring (bicyclic) bond motifs is 1. The number of benzene rings is 2. The molecule has 1 fully saturated rings. The van der Waals surface area contributed by atoms with Gasteiger partial charge in [-0.2, -0.15) is 5.01 Å². The van der Waals surface area contributed by atoms with E-state index in [2.05, 4.69) is 10.7 Å². The highest BCUT2D eigenvalue weighted by Crippen LogP contribution is 2.32. The SMILES string of the molecule is CCC1(c2ccccc2)NC(=O)N(NC(=O)CN2CCCc3cc(F)cc(F)c32)C1=O. The fraction of sp³-hybridized carbons (Fsp3) is 0.318. The Bertz CT molecular complexity index is 1050. The molecule has 2 N–H and O–H groups in total. The van der Waals surface area contributed by atoms with Gasteiger partial charge in [-0.1, -0.05) is 37.3 Å². The minimum atomic E-state index is -1.27. The Labute approximate surface area is 178 Å². The monoisotopic (exact) mass is 428 g/mol.